The Kier molecular flexibility index (Phi) is 5.51. The summed E-state index contributed by atoms with van der Waals surface area (Å²) in [5.74, 6) is -0.862. The maximum Gasteiger partial charge on any atom is 0.305 e. The summed E-state index contributed by atoms with van der Waals surface area (Å²) in [6, 6.07) is 13.7. The summed E-state index contributed by atoms with van der Waals surface area (Å²) in [7, 11) is 1.34. The van der Waals surface area contributed by atoms with Gasteiger partial charge < -0.3 is 15.0 Å². The van der Waals surface area contributed by atoms with Gasteiger partial charge in [0.05, 0.1) is 18.7 Å². The van der Waals surface area contributed by atoms with Crippen LogP contribution < -0.4 is 10.2 Å². The number of hydrogen-bond acceptors (Lipinski definition) is 4. The van der Waals surface area contributed by atoms with Crippen molar-refractivity contribution in [3.05, 3.63) is 42.5 Å². The second-order valence-electron chi connectivity index (χ2n) is 6.37. The minimum atomic E-state index is -0.375. The van der Waals surface area contributed by atoms with Gasteiger partial charge in [-0.3, -0.25) is 14.4 Å². The van der Waals surface area contributed by atoms with E-state index >= 15 is 0 Å². The van der Waals surface area contributed by atoms with Crippen LogP contribution in [0.1, 0.15) is 19.3 Å². The number of nitrogens with zero attached hydrogens (tertiary/aromatic N) is 1. The molecule has 0 saturated carbocycles. The molecule has 0 aromatic heterocycles. The van der Waals surface area contributed by atoms with E-state index in [0.29, 0.717) is 19.5 Å². The molecule has 2 aromatic rings. The highest BCUT2D eigenvalue weighted by Crippen LogP contribution is 2.31. The molecule has 1 fully saturated rings. The molecule has 26 heavy (non-hydrogen) atoms. The lowest BCUT2D eigenvalue weighted by Gasteiger charge is -2.19. The summed E-state index contributed by atoms with van der Waals surface area (Å²) >= 11 is 0. The highest BCUT2D eigenvalue weighted by atomic mass is 16.5. The quantitative estimate of drug-likeness (QED) is 0.638. The highest BCUT2D eigenvalue weighted by Gasteiger charge is 2.35. The molecular weight excluding hydrogens is 332 g/mol. The van der Waals surface area contributed by atoms with E-state index in [4.69, 9.17) is 0 Å². The van der Waals surface area contributed by atoms with E-state index < -0.39 is 0 Å². The zero-order valence-corrected chi connectivity index (χ0v) is 14.7. The van der Waals surface area contributed by atoms with E-state index in [-0.39, 0.29) is 36.5 Å². The van der Waals surface area contributed by atoms with Crippen LogP contribution in [0.3, 0.4) is 0 Å². The van der Waals surface area contributed by atoms with Gasteiger partial charge in [0, 0.05) is 31.3 Å². The van der Waals surface area contributed by atoms with Gasteiger partial charge in [-0.2, -0.15) is 0 Å². The first-order valence-electron chi connectivity index (χ1n) is 8.73. The van der Waals surface area contributed by atoms with Crippen molar-refractivity contribution >= 4 is 34.2 Å². The summed E-state index contributed by atoms with van der Waals surface area (Å²) in [4.78, 5) is 37.6. The summed E-state index contributed by atoms with van der Waals surface area (Å²) in [6.45, 7) is 0.766. The van der Waals surface area contributed by atoms with E-state index in [1.165, 1.54) is 7.11 Å². The van der Waals surface area contributed by atoms with Crippen molar-refractivity contribution in [2.75, 3.05) is 25.1 Å². The Morgan fingerprint density at radius 3 is 2.77 bits per heavy atom. The number of rotatable bonds is 6. The summed E-state index contributed by atoms with van der Waals surface area (Å²) in [6.07, 6.45) is 0.987. The molecule has 0 bridgehead atoms. The lowest BCUT2D eigenvalue weighted by Crippen LogP contribution is -2.33. The van der Waals surface area contributed by atoms with E-state index in [2.05, 4.69) is 10.1 Å². The predicted octanol–water partition coefficient (Wildman–Crippen LogP) is 2.26. The lowest BCUT2D eigenvalue weighted by atomic mass is 10.1. The number of methoxy groups -OCH3 is 1. The molecule has 1 saturated heterocycles. The second kappa shape index (κ2) is 7.99. The molecule has 1 N–H and O–H groups in total. The van der Waals surface area contributed by atoms with E-state index in [1.807, 2.05) is 42.5 Å². The molecule has 136 valence electrons. The maximum absolute atomic E-state index is 12.5. The van der Waals surface area contributed by atoms with Crippen molar-refractivity contribution in [3.63, 3.8) is 0 Å². The van der Waals surface area contributed by atoms with Crippen LogP contribution in [0.5, 0.6) is 0 Å². The van der Waals surface area contributed by atoms with Crippen molar-refractivity contribution in [1.29, 1.82) is 0 Å². The summed E-state index contributed by atoms with van der Waals surface area (Å²) < 4.78 is 4.57. The normalized spacial score (nSPS) is 16.7. The molecule has 3 rings (SSSR count). The molecule has 1 atom stereocenters. The fourth-order valence-electron chi connectivity index (χ4n) is 3.25. The third-order valence-electron chi connectivity index (χ3n) is 4.64. The second-order valence-corrected chi connectivity index (χ2v) is 6.37. The Balaban J connectivity index is 1.63. The SMILES string of the molecule is COC(=O)CCCNC(=O)C1CC(=O)N(c2cccc3ccccc23)C1. The van der Waals surface area contributed by atoms with Gasteiger partial charge in [-0.1, -0.05) is 36.4 Å². The first-order valence-corrected chi connectivity index (χ1v) is 8.73. The number of nitrogens with one attached hydrogen (secondary N) is 1. The van der Waals surface area contributed by atoms with Crippen LogP contribution in [0, 0.1) is 5.92 Å². The Morgan fingerprint density at radius 1 is 1.19 bits per heavy atom. The number of benzene rings is 2. The number of amides is 2. The summed E-state index contributed by atoms with van der Waals surface area (Å²) in [5, 5.41) is 4.87. The standard InChI is InChI=1S/C20H22N2O4/c1-26-19(24)10-5-11-21-20(25)15-12-18(23)22(13-15)17-9-4-7-14-6-2-3-8-16(14)17/h2-4,6-9,15H,5,10-13H2,1H3,(H,21,25). The van der Waals surface area contributed by atoms with Crippen molar-refractivity contribution < 1.29 is 19.1 Å². The third kappa shape index (κ3) is 3.85. The average Bonchev–Trinajstić information content (AvgIpc) is 3.06. The van der Waals surface area contributed by atoms with Gasteiger partial charge in [-0.25, -0.2) is 0 Å². The molecule has 1 aliphatic heterocycles. The maximum atomic E-state index is 12.5. The van der Waals surface area contributed by atoms with E-state index in [0.717, 1.165) is 16.5 Å². The first kappa shape index (κ1) is 17.9. The van der Waals surface area contributed by atoms with Crippen LogP contribution in [0.15, 0.2) is 42.5 Å². The molecule has 0 aliphatic carbocycles. The molecular formula is C20H22N2O4. The Hall–Kier alpha value is -2.89. The molecule has 1 aliphatic rings. The predicted molar refractivity (Wildman–Crippen MR) is 98.7 cm³/mol. The van der Waals surface area contributed by atoms with Crippen LogP contribution in [0.25, 0.3) is 10.8 Å². The van der Waals surface area contributed by atoms with Gasteiger partial charge in [0.1, 0.15) is 0 Å². The molecule has 0 spiro atoms. The first-order chi connectivity index (χ1) is 12.6. The van der Waals surface area contributed by atoms with Crippen LogP contribution >= 0.6 is 0 Å². The molecule has 6 heteroatoms. The van der Waals surface area contributed by atoms with Crippen molar-refractivity contribution in [2.24, 2.45) is 5.92 Å². The van der Waals surface area contributed by atoms with Crippen molar-refractivity contribution in [3.8, 4) is 0 Å². The van der Waals surface area contributed by atoms with Crippen LogP contribution in [0.4, 0.5) is 5.69 Å². The number of ether oxygens (including phenoxy) is 1. The van der Waals surface area contributed by atoms with Gasteiger partial charge in [0.25, 0.3) is 0 Å². The van der Waals surface area contributed by atoms with Gasteiger partial charge >= 0.3 is 5.97 Å². The highest BCUT2D eigenvalue weighted by molar-refractivity contribution is 6.06. The van der Waals surface area contributed by atoms with Crippen LogP contribution in [-0.4, -0.2) is 38.0 Å². The Labute approximate surface area is 152 Å². The fraction of sp³-hybridized carbons (Fsp3) is 0.350. The van der Waals surface area contributed by atoms with Crippen LogP contribution in [0.2, 0.25) is 0 Å². The van der Waals surface area contributed by atoms with Crippen molar-refractivity contribution in [2.45, 2.75) is 19.3 Å². The number of anilines is 1. The Bertz CT molecular complexity index is 828. The fourth-order valence-corrected chi connectivity index (χ4v) is 3.25. The largest absolute Gasteiger partial charge is 0.469 e. The molecule has 2 aromatic carbocycles. The van der Waals surface area contributed by atoms with E-state index in [9.17, 15) is 14.4 Å². The van der Waals surface area contributed by atoms with E-state index in [1.54, 1.807) is 4.90 Å². The third-order valence-corrected chi connectivity index (χ3v) is 4.64. The monoisotopic (exact) mass is 354 g/mol. The van der Waals surface area contributed by atoms with Gasteiger partial charge in [0.15, 0.2) is 0 Å². The average molecular weight is 354 g/mol. The number of fused-ring (bicyclic) bond motifs is 1. The minimum Gasteiger partial charge on any atom is -0.469 e. The number of esters is 1. The summed E-state index contributed by atoms with van der Waals surface area (Å²) in [5.41, 5.74) is 0.842. The lowest BCUT2D eigenvalue weighted by molar-refractivity contribution is -0.140. The van der Waals surface area contributed by atoms with Crippen LogP contribution in [-0.2, 0) is 19.1 Å². The van der Waals surface area contributed by atoms with Gasteiger partial charge in [0.2, 0.25) is 11.8 Å². The van der Waals surface area contributed by atoms with Crippen molar-refractivity contribution in [1.82, 2.24) is 5.32 Å². The molecule has 6 nitrogen and oxygen atoms in total. The zero-order valence-electron chi connectivity index (χ0n) is 14.7. The van der Waals surface area contributed by atoms with Gasteiger partial charge in [-0.05, 0) is 17.9 Å². The topological polar surface area (TPSA) is 75.7 Å². The smallest absolute Gasteiger partial charge is 0.305 e. The Morgan fingerprint density at radius 2 is 1.96 bits per heavy atom. The number of hydrogen-bond donors (Lipinski definition) is 1. The molecule has 2 amide bonds. The zero-order chi connectivity index (χ0) is 18.5. The molecule has 1 unspecified atom stereocenters. The minimum absolute atomic E-state index is 0.0453. The number of carbonyl (C=O) groups is 3. The molecule has 0 radical (unpaired) electrons. The number of carbonyl (C=O) groups excluding carboxylic acids is 3. The van der Waals surface area contributed by atoms with Gasteiger partial charge in [-0.15, -0.1) is 0 Å². The molecule has 1 heterocycles.